The molecule has 1 saturated heterocycles. The first kappa shape index (κ1) is 51.5. The van der Waals surface area contributed by atoms with Crippen molar-refractivity contribution in [2.24, 2.45) is 11.8 Å². The second kappa shape index (κ2) is 25.9. The summed E-state index contributed by atoms with van der Waals surface area (Å²) in [4.78, 5) is 142. The van der Waals surface area contributed by atoms with E-state index in [1.807, 2.05) is 5.32 Å². The maximum absolute atomic E-state index is 14.5. The molecule has 2 fully saturated rings. The van der Waals surface area contributed by atoms with E-state index < -0.39 is 133 Å². The van der Waals surface area contributed by atoms with Gasteiger partial charge in [0, 0.05) is 26.3 Å². The minimum absolute atomic E-state index is 0.0383. The Bertz CT molecular complexity index is 1610. The summed E-state index contributed by atoms with van der Waals surface area (Å²) in [5.74, 6) is -11.3. The Balaban J connectivity index is 2.38. The van der Waals surface area contributed by atoms with Crippen LogP contribution < -0.4 is 31.9 Å². The fraction of sp³-hybridized carbons (Fsp3) is 0.725. The van der Waals surface area contributed by atoms with Crippen LogP contribution in [0.4, 0.5) is 0 Å². The summed E-state index contributed by atoms with van der Waals surface area (Å²) < 4.78 is 0. The maximum atomic E-state index is 14.5. The summed E-state index contributed by atoms with van der Waals surface area (Å²) in [7, 11) is 0. The van der Waals surface area contributed by atoms with Gasteiger partial charge >= 0.3 is 17.9 Å². The number of ketones is 1. The molecule has 1 saturated carbocycles. The van der Waals surface area contributed by atoms with Gasteiger partial charge in [-0.15, -0.1) is 0 Å². The molecule has 0 bridgehead atoms. The number of aliphatic carboxylic acids is 3. The number of Topliss-reactive ketones (excluding diaryl/α,β-unsaturated/α-hetero) is 1. The van der Waals surface area contributed by atoms with Crippen LogP contribution in [0.5, 0.6) is 0 Å². The Labute approximate surface area is 354 Å². The van der Waals surface area contributed by atoms with Crippen molar-refractivity contribution in [1.29, 1.82) is 0 Å². The van der Waals surface area contributed by atoms with E-state index in [2.05, 4.69) is 26.6 Å². The van der Waals surface area contributed by atoms with Crippen LogP contribution in [0.1, 0.15) is 124 Å². The molecular formula is C40H63N7O14. The molecule has 2 rings (SSSR count). The fourth-order valence-corrected chi connectivity index (χ4v) is 7.51. The molecule has 342 valence electrons. The topological polar surface area (TPSA) is 324 Å². The Morgan fingerprint density at radius 3 is 1.72 bits per heavy atom. The summed E-state index contributed by atoms with van der Waals surface area (Å²) >= 11 is 0. The first-order chi connectivity index (χ1) is 28.7. The smallest absolute Gasteiger partial charge is 0.322 e. The minimum Gasteiger partial charge on any atom is -0.481 e. The van der Waals surface area contributed by atoms with Gasteiger partial charge < -0.3 is 52.1 Å². The van der Waals surface area contributed by atoms with E-state index in [9.17, 15) is 57.8 Å². The Morgan fingerprint density at radius 2 is 1.18 bits per heavy atom. The predicted octanol–water partition coefficient (Wildman–Crippen LogP) is -0.263. The fourth-order valence-electron chi connectivity index (χ4n) is 7.51. The molecule has 0 radical (unpaired) electrons. The molecule has 0 aromatic rings. The third kappa shape index (κ3) is 17.9. The van der Waals surface area contributed by atoms with Crippen LogP contribution >= 0.6 is 0 Å². The lowest BCUT2D eigenvalue weighted by Gasteiger charge is -2.39. The highest BCUT2D eigenvalue weighted by atomic mass is 16.4. The Morgan fingerprint density at radius 1 is 0.623 bits per heavy atom. The summed E-state index contributed by atoms with van der Waals surface area (Å²) in [6.45, 7) is 5.41. The molecule has 0 aromatic carbocycles. The molecule has 0 aromatic heterocycles. The number of rotatable bonds is 25. The van der Waals surface area contributed by atoms with Gasteiger partial charge in [-0.25, -0.2) is 0 Å². The van der Waals surface area contributed by atoms with Gasteiger partial charge in [-0.2, -0.15) is 0 Å². The monoisotopic (exact) mass is 865 g/mol. The van der Waals surface area contributed by atoms with Crippen LogP contribution in [-0.4, -0.2) is 135 Å². The van der Waals surface area contributed by atoms with Crippen LogP contribution in [0.2, 0.25) is 0 Å². The highest BCUT2D eigenvalue weighted by molar-refractivity contribution is 6.38. The average molecular weight is 866 g/mol. The molecule has 0 spiro atoms. The second-order valence-corrected chi connectivity index (χ2v) is 16.0. The van der Waals surface area contributed by atoms with Gasteiger partial charge in [0.25, 0.3) is 5.91 Å². The number of hydrogen-bond acceptors (Lipinski definition) is 11. The van der Waals surface area contributed by atoms with Crippen LogP contribution in [0.3, 0.4) is 0 Å². The van der Waals surface area contributed by atoms with Gasteiger partial charge in [0.15, 0.2) is 0 Å². The van der Waals surface area contributed by atoms with Crippen molar-refractivity contribution in [2.45, 2.75) is 160 Å². The number of carboxylic acids is 3. The van der Waals surface area contributed by atoms with E-state index in [0.717, 1.165) is 39.0 Å². The first-order valence-electron chi connectivity index (χ1n) is 21.0. The lowest BCUT2D eigenvalue weighted by molar-refractivity contribution is -0.147. The zero-order valence-electron chi connectivity index (χ0n) is 35.4. The van der Waals surface area contributed by atoms with Crippen molar-refractivity contribution in [2.75, 3.05) is 13.1 Å². The SMILES string of the molecule is CCCC(NC(=O)[C@@H]1CCCCN1C(=O)[C@H](CC1CCCCC1)NC(=O)[C@@H](NC(=O)[C@H](CCC(=O)O)NC(=O)[C@H](CCC(=O)O)NC(C)=O)C(C)C)C(=O)C(=O)NCC(=O)O. The van der Waals surface area contributed by atoms with Crippen molar-refractivity contribution < 1.29 is 68.1 Å². The molecule has 21 nitrogen and oxygen atoms in total. The number of carbonyl (C=O) groups is 11. The standard InChI is InChI=1S/C40H63N7O14/c1-5-11-25(34(55)39(60)41-21-32(53)54)43-37(58)29-14-9-10-19-47(29)40(61)28(20-24-12-7-6-8-13-24)45-38(59)33(22(2)3)46-36(57)27(16-18-31(51)52)44-35(56)26(42-23(4)48)15-17-30(49)50/h22,24-29,33H,5-21H2,1-4H3,(H,41,60)(H,42,48)(H,43,58)(H,44,56)(H,45,59)(H,46,57)(H,49,50)(H,51,52)(H,53,54)/t25?,26-,27-,28-,29-,33-/m0/s1. The number of nitrogens with one attached hydrogen (secondary N) is 6. The number of carboxylic acid groups (broad SMARTS) is 3. The normalized spacial score (nSPS) is 17.9. The number of piperidine rings is 1. The van der Waals surface area contributed by atoms with Crippen LogP contribution in [0.15, 0.2) is 0 Å². The van der Waals surface area contributed by atoms with Crippen molar-refractivity contribution >= 4 is 65.0 Å². The first-order valence-corrected chi connectivity index (χ1v) is 21.0. The molecular weight excluding hydrogens is 802 g/mol. The molecule has 6 atom stereocenters. The quantitative estimate of drug-likeness (QED) is 0.0534. The van der Waals surface area contributed by atoms with Gasteiger partial charge in [-0.1, -0.05) is 59.3 Å². The number of carbonyl (C=O) groups excluding carboxylic acids is 8. The predicted molar refractivity (Wildman–Crippen MR) is 215 cm³/mol. The van der Waals surface area contributed by atoms with Crippen LogP contribution in [0.25, 0.3) is 0 Å². The van der Waals surface area contributed by atoms with Gasteiger partial charge in [0.2, 0.25) is 41.2 Å². The average Bonchev–Trinajstić information content (AvgIpc) is 3.20. The van der Waals surface area contributed by atoms with E-state index in [0.29, 0.717) is 19.3 Å². The minimum atomic E-state index is -1.53. The Hall–Kier alpha value is -5.63. The van der Waals surface area contributed by atoms with Crippen molar-refractivity contribution in [1.82, 2.24) is 36.8 Å². The summed E-state index contributed by atoms with van der Waals surface area (Å²) in [6, 6.07) is -7.73. The molecule has 2 aliphatic rings. The molecule has 1 aliphatic heterocycles. The third-order valence-electron chi connectivity index (χ3n) is 10.7. The van der Waals surface area contributed by atoms with E-state index in [-0.39, 0.29) is 38.1 Å². The van der Waals surface area contributed by atoms with Crippen molar-refractivity contribution in [3.05, 3.63) is 0 Å². The summed E-state index contributed by atoms with van der Waals surface area (Å²) in [5, 5.41) is 42.1. The van der Waals surface area contributed by atoms with Crippen molar-refractivity contribution in [3.63, 3.8) is 0 Å². The molecule has 9 N–H and O–H groups in total. The largest absolute Gasteiger partial charge is 0.481 e. The number of hydrogen-bond donors (Lipinski definition) is 9. The van der Waals surface area contributed by atoms with Gasteiger partial charge in [0.1, 0.15) is 36.8 Å². The highest BCUT2D eigenvalue weighted by Crippen LogP contribution is 2.29. The number of nitrogens with zero attached hydrogens (tertiary/aromatic N) is 1. The summed E-state index contributed by atoms with van der Waals surface area (Å²) in [6.07, 6.45) is 4.53. The Kier molecular flexibility index (Phi) is 21.8. The highest BCUT2D eigenvalue weighted by Gasteiger charge is 2.40. The van der Waals surface area contributed by atoms with Gasteiger partial charge in [-0.3, -0.25) is 52.7 Å². The van der Waals surface area contributed by atoms with Crippen molar-refractivity contribution in [3.8, 4) is 0 Å². The molecule has 21 heteroatoms. The van der Waals surface area contributed by atoms with E-state index in [1.54, 1.807) is 20.8 Å². The maximum Gasteiger partial charge on any atom is 0.322 e. The zero-order valence-corrected chi connectivity index (χ0v) is 35.4. The van der Waals surface area contributed by atoms with E-state index >= 15 is 0 Å². The summed E-state index contributed by atoms with van der Waals surface area (Å²) in [5.41, 5.74) is 0. The van der Waals surface area contributed by atoms with E-state index in [4.69, 9.17) is 10.2 Å². The number of amides is 7. The number of likely N-dealkylation sites (tertiary alicyclic amines) is 1. The molecule has 1 aliphatic carbocycles. The molecule has 1 heterocycles. The van der Waals surface area contributed by atoms with E-state index in [1.165, 1.54) is 4.90 Å². The van der Waals surface area contributed by atoms with Crippen LogP contribution in [-0.2, 0) is 52.7 Å². The van der Waals surface area contributed by atoms with Crippen LogP contribution in [0, 0.1) is 11.8 Å². The zero-order chi connectivity index (χ0) is 45.8. The molecule has 61 heavy (non-hydrogen) atoms. The van der Waals surface area contributed by atoms with Gasteiger partial charge in [0.05, 0.1) is 6.04 Å². The lowest BCUT2D eigenvalue weighted by atomic mass is 9.84. The second-order valence-electron chi connectivity index (χ2n) is 16.0. The van der Waals surface area contributed by atoms with Gasteiger partial charge in [-0.05, 0) is 56.8 Å². The third-order valence-corrected chi connectivity index (χ3v) is 10.7. The molecule has 7 amide bonds. The lowest BCUT2D eigenvalue weighted by Crippen LogP contribution is -2.62. The molecule has 1 unspecified atom stereocenters.